The molecule has 0 saturated heterocycles. The predicted octanol–water partition coefficient (Wildman–Crippen LogP) is 2.29. The molecule has 1 atom stereocenters. The van der Waals surface area contributed by atoms with Crippen LogP contribution in [-0.2, 0) is 13.5 Å². The zero-order chi connectivity index (χ0) is 11.4. The summed E-state index contributed by atoms with van der Waals surface area (Å²) in [4.78, 5) is 4.25. The molecule has 1 aliphatic rings. The molecule has 1 heterocycles. The van der Waals surface area contributed by atoms with Gasteiger partial charge in [0.05, 0.1) is 6.10 Å². The fraction of sp³-hybridized carbons (Fsp3) is 0.769. The van der Waals surface area contributed by atoms with Gasteiger partial charge in [-0.25, -0.2) is 4.98 Å². The van der Waals surface area contributed by atoms with Gasteiger partial charge in [-0.05, 0) is 12.3 Å². The van der Waals surface area contributed by atoms with Gasteiger partial charge in [-0.2, -0.15) is 0 Å². The summed E-state index contributed by atoms with van der Waals surface area (Å²) in [5.74, 6) is 1.73. The minimum absolute atomic E-state index is 0.218. The van der Waals surface area contributed by atoms with E-state index in [-0.39, 0.29) is 6.10 Å². The highest BCUT2D eigenvalue weighted by molar-refractivity contribution is 4.93. The Balaban J connectivity index is 1.79. The van der Waals surface area contributed by atoms with Crippen molar-refractivity contribution >= 4 is 0 Å². The molecule has 0 spiro atoms. The Morgan fingerprint density at radius 2 is 2.19 bits per heavy atom. The van der Waals surface area contributed by atoms with E-state index in [0.717, 1.165) is 18.2 Å². The van der Waals surface area contributed by atoms with Crippen molar-refractivity contribution in [3.05, 3.63) is 18.2 Å². The largest absolute Gasteiger partial charge is 0.393 e. The van der Waals surface area contributed by atoms with Crippen LogP contribution in [0.2, 0.25) is 0 Å². The van der Waals surface area contributed by atoms with Gasteiger partial charge >= 0.3 is 0 Å². The molecule has 2 rings (SSSR count). The van der Waals surface area contributed by atoms with Crippen LogP contribution in [0.25, 0.3) is 0 Å². The van der Waals surface area contributed by atoms with Gasteiger partial charge in [0.25, 0.3) is 0 Å². The highest BCUT2D eigenvalue weighted by Gasteiger charge is 2.18. The van der Waals surface area contributed by atoms with Crippen LogP contribution in [0.1, 0.15) is 44.3 Å². The number of aliphatic hydroxyl groups is 1. The van der Waals surface area contributed by atoms with E-state index in [2.05, 4.69) is 4.98 Å². The smallest absolute Gasteiger partial charge is 0.110 e. The van der Waals surface area contributed by atoms with Gasteiger partial charge in [0.2, 0.25) is 0 Å². The van der Waals surface area contributed by atoms with Crippen molar-refractivity contribution < 1.29 is 5.11 Å². The number of hydrogen-bond donors (Lipinski definition) is 1. The summed E-state index contributed by atoms with van der Waals surface area (Å²) in [6, 6.07) is 0. The maximum Gasteiger partial charge on any atom is 0.110 e. The van der Waals surface area contributed by atoms with Gasteiger partial charge in [-0.15, -0.1) is 0 Å². The van der Waals surface area contributed by atoms with Gasteiger partial charge in [-0.3, -0.25) is 0 Å². The third kappa shape index (κ3) is 3.08. The molecular weight excluding hydrogens is 200 g/mol. The maximum absolute atomic E-state index is 10.0. The Morgan fingerprint density at radius 1 is 1.44 bits per heavy atom. The van der Waals surface area contributed by atoms with Crippen LogP contribution >= 0.6 is 0 Å². The van der Waals surface area contributed by atoms with E-state index < -0.39 is 0 Å². The average molecular weight is 222 g/mol. The van der Waals surface area contributed by atoms with Gasteiger partial charge in [0.15, 0.2) is 0 Å². The number of aryl methyl sites for hydroxylation is 1. The lowest BCUT2D eigenvalue weighted by molar-refractivity contribution is 0.127. The standard InChI is InChI=1S/C13H22N2O/c1-15-8-7-14-13(15)10-12(16)9-11-5-3-2-4-6-11/h7-8,11-12,16H,2-6,9-10H2,1H3. The van der Waals surface area contributed by atoms with Crippen LogP contribution in [0.5, 0.6) is 0 Å². The lowest BCUT2D eigenvalue weighted by Gasteiger charge is -2.23. The maximum atomic E-state index is 10.0. The van der Waals surface area contributed by atoms with Crippen molar-refractivity contribution in [2.45, 2.75) is 51.0 Å². The number of aromatic nitrogens is 2. The second-order valence-electron chi connectivity index (χ2n) is 5.05. The second-order valence-corrected chi connectivity index (χ2v) is 5.05. The lowest BCUT2D eigenvalue weighted by Crippen LogP contribution is -2.19. The zero-order valence-electron chi connectivity index (χ0n) is 10.1. The highest BCUT2D eigenvalue weighted by Crippen LogP contribution is 2.27. The quantitative estimate of drug-likeness (QED) is 0.849. The first-order valence-electron chi connectivity index (χ1n) is 6.40. The van der Waals surface area contributed by atoms with Crippen LogP contribution in [0.4, 0.5) is 0 Å². The van der Waals surface area contributed by atoms with Crippen LogP contribution in [0, 0.1) is 5.92 Å². The number of aliphatic hydroxyl groups excluding tert-OH is 1. The topological polar surface area (TPSA) is 38.0 Å². The molecule has 1 aromatic heterocycles. The summed E-state index contributed by atoms with van der Waals surface area (Å²) in [6.45, 7) is 0. The van der Waals surface area contributed by atoms with Crippen molar-refractivity contribution in [3.63, 3.8) is 0 Å². The Hall–Kier alpha value is -0.830. The molecule has 0 amide bonds. The van der Waals surface area contributed by atoms with Crippen molar-refractivity contribution in [2.75, 3.05) is 0 Å². The Labute approximate surface area is 97.5 Å². The molecule has 3 heteroatoms. The number of rotatable bonds is 4. The van der Waals surface area contributed by atoms with E-state index in [1.54, 1.807) is 6.20 Å². The van der Waals surface area contributed by atoms with Gasteiger partial charge < -0.3 is 9.67 Å². The summed E-state index contributed by atoms with van der Waals surface area (Å²) in [5.41, 5.74) is 0. The molecule has 0 aromatic carbocycles. The second kappa shape index (κ2) is 5.48. The lowest BCUT2D eigenvalue weighted by atomic mass is 9.85. The molecular formula is C13H22N2O. The van der Waals surface area contributed by atoms with Gasteiger partial charge in [0, 0.05) is 25.9 Å². The van der Waals surface area contributed by atoms with E-state index in [4.69, 9.17) is 0 Å². The zero-order valence-corrected chi connectivity index (χ0v) is 10.1. The summed E-state index contributed by atoms with van der Waals surface area (Å²) < 4.78 is 1.99. The fourth-order valence-electron chi connectivity index (χ4n) is 2.69. The first-order valence-corrected chi connectivity index (χ1v) is 6.40. The summed E-state index contributed by atoms with van der Waals surface area (Å²) >= 11 is 0. The molecule has 3 nitrogen and oxygen atoms in total. The van der Waals surface area contributed by atoms with Crippen molar-refractivity contribution in [2.24, 2.45) is 13.0 Å². The van der Waals surface area contributed by atoms with Crippen LogP contribution in [0.3, 0.4) is 0 Å². The van der Waals surface area contributed by atoms with Crippen molar-refractivity contribution in [3.8, 4) is 0 Å². The molecule has 90 valence electrons. The Morgan fingerprint density at radius 3 is 2.81 bits per heavy atom. The third-order valence-corrected chi connectivity index (χ3v) is 3.67. The third-order valence-electron chi connectivity index (χ3n) is 3.67. The fourth-order valence-corrected chi connectivity index (χ4v) is 2.69. The molecule has 16 heavy (non-hydrogen) atoms. The first kappa shape index (κ1) is 11.6. The first-order chi connectivity index (χ1) is 7.75. The predicted molar refractivity (Wildman–Crippen MR) is 64.1 cm³/mol. The number of hydrogen-bond acceptors (Lipinski definition) is 2. The monoisotopic (exact) mass is 222 g/mol. The van der Waals surface area contributed by atoms with Crippen LogP contribution in [-0.4, -0.2) is 20.8 Å². The van der Waals surface area contributed by atoms with E-state index in [1.807, 2.05) is 17.8 Å². The molecule has 1 N–H and O–H groups in total. The number of nitrogens with zero attached hydrogens (tertiary/aromatic N) is 2. The van der Waals surface area contributed by atoms with Crippen molar-refractivity contribution in [1.29, 1.82) is 0 Å². The number of imidazole rings is 1. The highest BCUT2D eigenvalue weighted by atomic mass is 16.3. The SMILES string of the molecule is Cn1ccnc1CC(O)CC1CCCCC1. The van der Waals surface area contributed by atoms with Gasteiger partial charge in [0.1, 0.15) is 5.82 Å². The molecule has 0 aliphatic heterocycles. The van der Waals surface area contributed by atoms with Crippen LogP contribution < -0.4 is 0 Å². The molecule has 1 saturated carbocycles. The molecule has 1 unspecified atom stereocenters. The average Bonchev–Trinajstić information content (AvgIpc) is 2.66. The molecule has 1 fully saturated rings. The van der Waals surface area contributed by atoms with E-state index in [1.165, 1.54) is 32.1 Å². The molecule has 1 aromatic rings. The minimum atomic E-state index is -0.218. The normalized spacial score (nSPS) is 19.9. The minimum Gasteiger partial charge on any atom is -0.393 e. The Kier molecular flexibility index (Phi) is 3.99. The summed E-state index contributed by atoms with van der Waals surface area (Å²) in [5, 5.41) is 10.0. The Bertz CT molecular complexity index is 315. The molecule has 1 aliphatic carbocycles. The van der Waals surface area contributed by atoms with E-state index in [9.17, 15) is 5.11 Å². The van der Waals surface area contributed by atoms with E-state index in [0.29, 0.717) is 6.42 Å². The van der Waals surface area contributed by atoms with Crippen molar-refractivity contribution in [1.82, 2.24) is 9.55 Å². The van der Waals surface area contributed by atoms with Crippen LogP contribution in [0.15, 0.2) is 12.4 Å². The summed E-state index contributed by atoms with van der Waals surface area (Å²) in [6.07, 6.45) is 11.8. The summed E-state index contributed by atoms with van der Waals surface area (Å²) in [7, 11) is 1.98. The molecule has 0 bridgehead atoms. The van der Waals surface area contributed by atoms with Gasteiger partial charge in [-0.1, -0.05) is 32.1 Å². The van der Waals surface area contributed by atoms with E-state index >= 15 is 0 Å². The molecule has 0 radical (unpaired) electrons.